The highest BCUT2D eigenvalue weighted by molar-refractivity contribution is 6.31. The van der Waals surface area contributed by atoms with Crippen LogP contribution in [0.2, 0.25) is 5.02 Å². The highest BCUT2D eigenvalue weighted by Crippen LogP contribution is 2.36. The fourth-order valence-corrected chi connectivity index (χ4v) is 3.38. The highest BCUT2D eigenvalue weighted by Gasteiger charge is 2.28. The van der Waals surface area contributed by atoms with Crippen molar-refractivity contribution in [1.29, 1.82) is 0 Å². The molecule has 0 bridgehead atoms. The van der Waals surface area contributed by atoms with Crippen LogP contribution < -0.4 is 18.9 Å². The second-order valence-corrected chi connectivity index (χ2v) is 7.10. The molecule has 0 spiro atoms. The predicted molar refractivity (Wildman–Crippen MR) is 115 cm³/mol. The fraction of sp³-hybridized carbons (Fsp3) is 0.125. The molecule has 3 aromatic rings. The number of hydrogen-bond acceptors (Lipinski definition) is 5. The van der Waals surface area contributed by atoms with E-state index in [0.717, 1.165) is 0 Å². The van der Waals surface area contributed by atoms with Crippen LogP contribution in [0.15, 0.2) is 60.4 Å². The molecule has 0 amide bonds. The second kappa shape index (κ2) is 8.70. The van der Waals surface area contributed by atoms with Gasteiger partial charge in [-0.25, -0.2) is 4.39 Å². The molecule has 0 radical (unpaired) electrons. The van der Waals surface area contributed by atoms with Crippen molar-refractivity contribution in [3.05, 3.63) is 87.9 Å². The Morgan fingerprint density at radius 1 is 1.03 bits per heavy atom. The van der Waals surface area contributed by atoms with Gasteiger partial charge in [0.15, 0.2) is 5.76 Å². The summed E-state index contributed by atoms with van der Waals surface area (Å²) in [7, 11) is 3.10. The van der Waals surface area contributed by atoms with Gasteiger partial charge in [-0.3, -0.25) is 4.79 Å². The number of carbonyl (C=O) groups excluding carboxylic acids is 1. The minimum atomic E-state index is -0.446. The number of hydrogen-bond donors (Lipinski definition) is 0. The summed E-state index contributed by atoms with van der Waals surface area (Å²) in [5.74, 6) is 1.43. The summed E-state index contributed by atoms with van der Waals surface area (Å²) in [5, 5.41) is 0.284. The van der Waals surface area contributed by atoms with Gasteiger partial charge >= 0.3 is 0 Å². The number of allylic oxidation sites excluding steroid dienone is 1. The van der Waals surface area contributed by atoms with Gasteiger partial charge in [-0.05, 0) is 42.5 Å². The molecule has 0 saturated heterocycles. The third kappa shape index (κ3) is 4.20. The van der Waals surface area contributed by atoms with E-state index in [4.69, 9.17) is 30.5 Å². The lowest BCUT2D eigenvalue weighted by Gasteiger charge is -2.09. The number of halogens is 2. The van der Waals surface area contributed by atoms with Crippen LogP contribution in [-0.2, 0) is 6.61 Å². The normalized spacial score (nSPS) is 13.7. The molecule has 0 fully saturated rings. The molecule has 5 nitrogen and oxygen atoms in total. The minimum absolute atomic E-state index is 0.0516. The third-order valence-electron chi connectivity index (χ3n) is 4.81. The standard InChI is InChI=1S/C24H18ClFO5/c1-28-15-7-6-14(21(11-15)29-2)10-23-24(27)17-9-8-16(12-22(17)31-23)30-13-18-19(25)4-3-5-20(18)26/h3-12H,13H2,1-2H3/b23-10-. The summed E-state index contributed by atoms with van der Waals surface area (Å²) >= 11 is 6.03. The zero-order valence-electron chi connectivity index (χ0n) is 16.8. The first kappa shape index (κ1) is 20.8. The van der Waals surface area contributed by atoms with Gasteiger partial charge in [0.05, 0.1) is 24.8 Å². The first-order valence-corrected chi connectivity index (χ1v) is 9.74. The number of methoxy groups -OCH3 is 2. The summed E-state index contributed by atoms with van der Waals surface area (Å²) in [5.41, 5.74) is 1.34. The lowest BCUT2D eigenvalue weighted by Crippen LogP contribution is -2.00. The topological polar surface area (TPSA) is 54.0 Å². The Bertz CT molecular complexity index is 1170. The Morgan fingerprint density at radius 2 is 1.84 bits per heavy atom. The molecule has 3 aromatic carbocycles. The summed E-state index contributed by atoms with van der Waals surface area (Å²) in [6, 6.07) is 14.5. The van der Waals surface area contributed by atoms with Crippen molar-refractivity contribution in [2.75, 3.05) is 14.2 Å². The van der Waals surface area contributed by atoms with Crippen LogP contribution >= 0.6 is 11.6 Å². The SMILES string of the molecule is COc1ccc(/C=C2\Oc3cc(OCc4c(F)cccc4Cl)ccc3C2=O)c(OC)c1. The number of benzene rings is 3. The van der Waals surface area contributed by atoms with Gasteiger partial charge in [-0.1, -0.05) is 17.7 Å². The quantitative estimate of drug-likeness (QED) is 0.461. The van der Waals surface area contributed by atoms with Crippen molar-refractivity contribution in [2.45, 2.75) is 6.61 Å². The van der Waals surface area contributed by atoms with Crippen molar-refractivity contribution in [3.63, 3.8) is 0 Å². The van der Waals surface area contributed by atoms with Crippen molar-refractivity contribution in [3.8, 4) is 23.0 Å². The van der Waals surface area contributed by atoms with E-state index in [2.05, 4.69) is 0 Å². The Hall–Kier alpha value is -3.51. The molecule has 31 heavy (non-hydrogen) atoms. The molecular weight excluding hydrogens is 423 g/mol. The Morgan fingerprint density at radius 3 is 2.58 bits per heavy atom. The molecule has 1 aliphatic rings. The minimum Gasteiger partial charge on any atom is -0.497 e. The lowest BCUT2D eigenvalue weighted by atomic mass is 10.1. The van der Waals surface area contributed by atoms with Crippen LogP contribution in [0, 0.1) is 5.82 Å². The maximum Gasteiger partial charge on any atom is 0.231 e. The molecule has 0 aromatic heterocycles. The van der Waals surface area contributed by atoms with Crippen LogP contribution in [0.25, 0.3) is 6.08 Å². The van der Waals surface area contributed by atoms with E-state index in [1.165, 1.54) is 19.2 Å². The van der Waals surface area contributed by atoms with Gasteiger partial charge in [0.2, 0.25) is 5.78 Å². The largest absolute Gasteiger partial charge is 0.497 e. The number of rotatable bonds is 6. The molecule has 4 rings (SSSR count). The molecule has 0 N–H and O–H groups in total. The van der Waals surface area contributed by atoms with E-state index in [9.17, 15) is 9.18 Å². The lowest BCUT2D eigenvalue weighted by molar-refractivity contribution is 0.101. The fourth-order valence-electron chi connectivity index (χ4n) is 3.16. The van der Waals surface area contributed by atoms with Crippen LogP contribution in [-0.4, -0.2) is 20.0 Å². The number of carbonyl (C=O) groups is 1. The Balaban J connectivity index is 1.55. The molecule has 0 unspecified atom stereocenters. The molecule has 158 valence electrons. The second-order valence-electron chi connectivity index (χ2n) is 6.69. The van der Waals surface area contributed by atoms with Gasteiger partial charge in [0, 0.05) is 23.3 Å². The highest BCUT2D eigenvalue weighted by atomic mass is 35.5. The van der Waals surface area contributed by atoms with Gasteiger partial charge in [-0.2, -0.15) is 0 Å². The average molecular weight is 441 g/mol. The zero-order chi connectivity index (χ0) is 22.0. The van der Waals surface area contributed by atoms with Crippen molar-refractivity contribution in [2.24, 2.45) is 0 Å². The first-order chi connectivity index (χ1) is 15.0. The summed E-state index contributed by atoms with van der Waals surface area (Å²) in [4.78, 5) is 12.7. The van der Waals surface area contributed by atoms with Gasteiger partial charge in [0.1, 0.15) is 35.4 Å². The van der Waals surface area contributed by atoms with Crippen molar-refractivity contribution < 1.29 is 28.1 Å². The summed E-state index contributed by atoms with van der Waals surface area (Å²) in [6.07, 6.45) is 1.61. The molecule has 0 aliphatic carbocycles. The number of ketones is 1. The van der Waals surface area contributed by atoms with E-state index in [-0.39, 0.29) is 28.7 Å². The summed E-state index contributed by atoms with van der Waals surface area (Å²) < 4.78 is 35.9. The third-order valence-corrected chi connectivity index (χ3v) is 5.17. The van der Waals surface area contributed by atoms with Gasteiger partial charge in [-0.15, -0.1) is 0 Å². The smallest absolute Gasteiger partial charge is 0.231 e. The van der Waals surface area contributed by atoms with E-state index in [1.54, 1.807) is 55.7 Å². The van der Waals surface area contributed by atoms with E-state index in [1.807, 2.05) is 0 Å². The Labute approximate surface area is 183 Å². The molecule has 0 atom stereocenters. The summed E-state index contributed by atoms with van der Waals surface area (Å²) in [6.45, 7) is -0.0516. The number of Topliss-reactive ketones (excluding diaryl/α,β-unsaturated/α-hetero) is 1. The monoisotopic (exact) mass is 440 g/mol. The van der Waals surface area contributed by atoms with E-state index >= 15 is 0 Å². The molecule has 0 saturated carbocycles. The van der Waals surface area contributed by atoms with Crippen molar-refractivity contribution >= 4 is 23.5 Å². The van der Waals surface area contributed by atoms with E-state index in [0.29, 0.717) is 34.1 Å². The van der Waals surface area contributed by atoms with Crippen LogP contribution in [0.1, 0.15) is 21.5 Å². The molecule has 7 heteroatoms. The molecular formula is C24H18ClFO5. The van der Waals surface area contributed by atoms with Gasteiger partial charge in [0.25, 0.3) is 0 Å². The number of ether oxygens (including phenoxy) is 4. The zero-order valence-corrected chi connectivity index (χ0v) is 17.5. The maximum atomic E-state index is 13.9. The first-order valence-electron chi connectivity index (χ1n) is 9.36. The van der Waals surface area contributed by atoms with Gasteiger partial charge < -0.3 is 18.9 Å². The predicted octanol–water partition coefficient (Wildman–Crippen LogP) is 5.69. The van der Waals surface area contributed by atoms with Crippen LogP contribution in [0.5, 0.6) is 23.0 Å². The maximum absolute atomic E-state index is 13.9. The van der Waals surface area contributed by atoms with Crippen molar-refractivity contribution in [1.82, 2.24) is 0 Å². The molecule has 1 aliphatic heterocycles. The van der Waals surface area contributed by atoms with E-state index < -0.39 is 5.82 Å². The Kier molecular flexibility index (Phi) is 5.82. The van der Waals surface area contributed by atoms with Crippen LogP contribution in [0.4, 0.5) is 4.39 Å². The number of fused-ring (bicyclic) bond motifs is 1. The molecule has 1 heterocycles. The average Bonchev–Trinajstić information content (AvgIpc) is 3.08. The van der Waals surface area contributed by atoms with Crippen LogP contribution in [0.3, 0.4) is 0 Å².